The van der Waals surface area contributed by atoms with E-state index < -0.39 is 47.6 Å². The van der Waals surface area contributed by atoms with Crippen LogP contribution in [0, 0.1) is 5.41 Å². The maximum atomic E-state index is 13.7. The average molecular weight is 983 g/mol. The van der Waals surface area contributed by atoms with E-state index in [0.29, 0.717) is 43.2 Å². The van der Waals surface area contributed by atoms with Gasteiger partial charge in [-0.3, -0.25) is 23.2 Å². The molecule has 18 heteroatoms. The fourth-order valence-corrected chi connectivity index (χ4v) is 10.9. The highest BCUT2D eigenvalue weighted by atomic mass is 32.2. The molecule has 0 radical (unpaired) electrons. The van der Waals surface area contributed by atoms with Crippen LogP contribution in [-0.4, -0.2) is 62.4 Å². The van der Waals surface area contributed by atoms with Gasteiger partial charge in [0.1, 0.15) is 0 Å². The van der Waals surface area contributed by atoms with E-state index in [0.717, 1.165) is 20.9 Å². The van der Waals surface area contributed by atoms with Gasteiger partial charge in [0.25, 0.3) is 30.4 Å². The molecule has 2 heterocycles. The maximum Gasteiger partial charge on any atom is 0.319 e. The fraction of sp³-hybridized carbons (Fsp3) is 0.104. The molecule has 5 N–H and O–H groups in total. The topological polar surface area (TPSA) is 230 Å². The summed E-state index contributed by atoms with van der Waals surface area (Å²) in [5.41, 5.74) is 3.30. The lowest BCUT2D eigenvalue weighted by Crippen LogP contribution is -2.48. The SMILES string of the molecule is CCNC(=O)C1(C(=O)O)CC(/C=C/c2cc(-c3ccccc3)[s+]c(-c3ccc(S(=O)(=O)O)cc3)c2)=CC(=C/C=C2C=C(c3ccc(S(=O)(=O)O)cc3)SC(c3ccc(S(=O)(=O)O)cc3)=C2)/C1. The van der Waals surface area contributed by atoms with Gasteiger partial charge in [-0.05, 0) is 126 Å². The van der Waals surface area contributed by atoms with Crippen LogP contribution in [-0.2, 0) is 39.9 Å². The zero-order valence-corrected chi connectivity index (χ0v) is 38.8. The van der Waals surface area contributed by atoms with Crippen molar-refractivity contribution in [3.05, 3.63) is 185 Å². The van der Waals surface area contributed by atoms with E-state index in [1.807, 2.05) is 66.8 Å². The predicted octanol–water partition coefficient (Wildman–Crippen LogP) is 9.73. The average Bonchev–Trinajstić information content (AvgIpc) is 3.29. The summed E-state index contributed by atoms with van der Waals surface area (Å²) in [6, 6.07) is 30.4. The zero-order valence-electron chi connectivity index (χ0n) is 34.7. The number of allylic oxidation sites excluding steroid dienone is 9. The van der Waals surface area contributed by atoms with Crippen LogP contribution in [0.15, 0.2) is 183 Å². The third-order valence-corrected chi connectivity index (χ3v) is 15.4. The van der Waals surface area contributed by atoms with E-state index in [-0.39, 0.29) is 34.1 Å². The molecule has 66 heavy (non-hydrogen) atoms. The minimum Gasteiger partial charge on any atom is -0.480 e. The Morgan fingerprint density at radius 1 is 0.636 bits per heavy atom. The van der Waals surface area contributed by atoms with Crippen molar-refractivity contribution < 1.29 is 53.6 Å². The van der Waals surface area contributed by atoms with Gasteiger partial charge >= 0.3 is 5.97 Å². The normalized spacial score (nSPS) is 17.5. The van der Waals surface area contributed by atoms with Crippen molar-refractivity contribution in [3.8, 4) is 20.9 Å². The summed E-state index contributed by atoms with van der Waals surface area (Å²) in [6.45, 7) is 1.90. The summed E-state index contributed by atoms with van der Waals surface area (Å²) in [4.78, 5) is 29.0. The minimum atomic E-state index is -4.47. The monoisotopic (exact) mass is 982 g/mol. The first-order chi connectivity index (χ1) is 31.2. The molecule has 0 spiro atoms. The molecule has 1 atom stereocenters. The van der Waals surface area contributed by atoms with Gasteiger partial charge in [0.05, 0.1) is 14.7 Å². The second-order valence-electron chi connectivity index (χ2n) is 15.2. The smallest absolute Gasteiger partial charge is 0.319 e. The third kappa shape index (κ3) is 11.3. The number of carboxylic acids is 1. The Hall–Kier alpha value is -6.09. The number of hydrogen-bond donors (Lipinski definition) is 5. The molecular weight excluding hydrogens is 943 g/mol. The number of carbonyl (C=O) groups excluding carboxylic acids is 1. The van der Waals surface area contributed by atoms with Crippen LogP contribution in [0.5, 0.6) is 0 Å². The Morgan fingerprint density at radius 2 is 1.11 bits per heavy atom. The van der Waals surface area contributed by atoms with Crippen molar-refractivity contribution in [2.75, 3.05) is 6.54 Å². The molecule has 0 bridgehead atoms. The molecule has 0 saturated heterocycles. The first-order valence-electron chi connectivity index (χ1n) is 19.9. The van der Waals surface area contributed by atoms with Crippen molar-refractivity contribution in [2.45, 2.75) is 34.5 Å². The highest BCUT2D eigenvalue weighted by Crippen LogP contribution is 2.45. The van der Waals surface area contributed by atoms with Gasteiger partial charge < -0.3 is 10.4 Å². The van der Waals surface area contributed by atoms with Crippen LogP contribution >= 0.6 is 23.1 Å². The Morgan fingerprint density at radius 3 is 1.56 bits per heavy atom. The van der Waals surface area contributed by atoms with Crippen LogP contribution < -0.4 is 5.32 Å². The number of nitrogens with one attached hydrogen (secondary N) is 1. The van der Waals surface area contributed by atoms with Crippen molar-refractivity contribution in [3.63, 3.8) is 0 Å². The van der Waals surface area contributed by atoms with Crippen LogP contribution in [0.1, 0.15) is 36.5 Å². The van der Waals surface area contributed by atoms with Crippen molar-refractivity contribution >= 4 is 81.2 Å². The molecule has 13 nitrogen and oxygen atoms in total. The Balaban J connectivity index is 1.32. The molecule has 0 saturated carbocycles. The summed E-state index contributed by atoms with van der Waals surface area (Å²) >= 11 is 2.77. The van der Waals surface area contributed by atoms with Gasteiger partial charge in [-0.1, -0.05) is 84.6 Å². The maximum absolute atomic E-state index is 13.7. The number of benzene rings is 4. The molecule has 1 aliphatic heterocycles. The molecule has 2 aliphatic rings. The quantitative estimate of drug-likeness (QED) is 0.0421. The molecule has 7 rings (SSSR count). The van der Waals surface area contributed by atoms with E-state index in [1.54, 1.807) is 37.3 Å². The van der Waals surface area contributed by atoms with E-state index in [4.69, 9.17) is 0 Å². The Kier molecular flexibility index (Phi) is 14.1. The second-order valence-corrected chi connectivity index (χ2v) is 21.6. The highest BCUT2D eigenvalue weighted by Gasteiger charge is 2.48. The van der Waals surface area contributed by atoms with E-state index in [9.17, 15) is 53.6 Å². The van der Waals surface area contributed by atoms with Crippen LogP contribution in [0.3, 0.4) is 0 Å². The van der Waals surface area contributed by atoms with Gasteiger partial charge in [0.15, 0.2) is 5.41 Å². The third-order valence-electron chi connectivity index (χ3n) is 10.5. The van der Waals surface area contributed by atoms with E-state index in [2.05, 4.69) is 5.32 Å². The zero-order chi connectivity index (χ0) is 47.4. The standard InChI is InChI=1S/C48H39NO12S5/c1-2-49-46(50)48(47(51)52)29-33(10-8-31-25-42(35-6-4-3-5-7-35)62-43(26-31)36-12-18-39(19-13-36)64(53,54)55)24-34(30-48)11-9-32-27-44(37-14-20-40(21-15-37)65(56,57)58)63-45(28-32)38-16-22-41(23-17-38)66(59,60)61/h3-28H,2,29-30H2,1H3,(H4-,49,50,51,52,53,54,55,56,57,58,59,60,61)/p+1. The number of carbonyl (C=O) groups is 2. The number of rotatable bonds is 13. The molecule has 5 aromatic rings. The van der Waals surface area contributed by atoms with Gasteiger partial charge in [-0.15, -0.1) is 0 Å². The van der Waals surface area contributed by atoms with Crippen molar-refractivity contribution in [1.82, 2.24) is 5.32 Å². The number of amides is 1. The first-order valence-corrected chi connectivity index (χ1v) is 25.9. The lowest BCUT2D eigenvalue weighted by molar-refractivity contribution is -0.156. The molecule has 338 valence electrons. The van der Waals surface area contributed by atoms with E-state index >= 15 is 0 Å². The van der Waals surface area contributed by atoms with Gasteiger partial charge in [0, 0.05) is 39.6 Å². The van der Waals surface area contributed by atoms with Gasteiger partial charge in [-0.2, -0.15) is 25.3 Å². The highest BCUT2D eigenvalue weighted by molar-refractivity contribution is 8.16. The molecular formula is C48H40NO12S5+. The summed E-state index contributed by atoms with van der Waals surface area (Å²) in [5.74, 6) is -1.96. The molecule has 1 aliphatic carbocycles. The fourth-order valence-electron chi connectivity index (χ4n) is 7.24. The predicted molar refractivity (Wildman–Crippen MR) is 257 cm³/mol. The molecule has 0 fully saturated rings. The largest absolute Gasteiger partial charge is 0.480 e. The minimum absolute atomic E-state index is 0.132. The Labute approximate surface area is 390 Å². The van der Waals surface area contributed by atoms with Crippen LogP contribution in [0.4, 0.5) is 0 Å². The number of aliphatic carboxylic acids is 1. The van der Waals surface area contributed by atoms with Crippen LogP contribution in [0.25, 0.3) is 36.8 Å². The molecule has 4 aromatic carbocycles. The van der Waals surface area contributed by atoms with E-state index in [1.165, 1.54) is 83.8 Å². The van der Waals surface area contributed by atoms with Gasteiger partial charge in [-0.25, -0.2) is 0 Å². The van der Waals surface area contributed by atoms with Crippen LogP contribution in [0.2, 0.25) is 0 Å². The first kappa shape index (κ1) is 47.9. The number of carboxylic acid groups (broad SMARTS) is 1. The van der Waals surface area contributed by atoms with Gasteiger partial charge in [0.2, 0.25) is 27.0 Å². The summed E-state index contributed by atoms with van der Waals surface area (Å²) in [6.07, 6.45) is 12.2. The molecule has 1 amide bonds. The number of hydrogen-bond acceptors (Lipinski definition) is 9. The summed E-state index contributed by atoms with van der Waals surface area (Å²) in [5, 5.41) is 13.4. The number of thioether (sulfide) groups is 1. The molecule has 1 unspecified atom stereocenters. The van der Waals surface area contributed by atoms with Crippen molar-refractivity contribution in [2.24, 2.45) is 5.41 Å². The lowest BCUT2D eigenvalue weighted by atomic mass is 9.71. The summed E-state index contributed by atoms with van der Waals surface area (Å²) < 4.78 is 99.2. The lowest BCUT2D eigenvalue weighted by Gasteiger charge is -2.32. The molecule has 1 aromatic heterocycles. The Bertz CT molecular complexity index is 3170. The summed E-state index contributed by atoms with van der Waals surface area (Å²) in [7, 11) is -13.3. The second kappa shape index (κ2) is 19.4. The van der Waals surface area contributed by atoms with Crippen molar-refractivity contribution in [1.29, 1.82) is 0 Å².